The van der Waals surface area contributed by atoms with E-state index in [0.717, 1.165) is 11.0 Å². The summed E-state index contributed by atoms with van der Waals surface area (Å²) < 4.78 is 0.788. The third kappa shape index (κ3) is 2.00. The van der Waals surface area contributed by atoms with Crippen LogP contribution in [0.4, 0.5) is 0 Å². The molecule has 1 N–H and O–H groups in total. The van der Waals surface area contributed by atoms with E-state index < -0.39 is 0 Å². The van der Waals surface area contributed by atoms with Gasteiger partial charge < -0.3 is 5.32 Å². The number of nitrogens with zero attached hydrogens (tertiary/aromatic N) is 1. The van der Waals surface area contributed by atoms with Gasteiger partial charge in [0.05, 0.1) is 7.05 Å². The third-order valence-electron chi connectivity index (χ3n) is 5.00. The molecule has 3 aromatic carbocycles. The lowest BCUT2D eigenvalue weighted by Crippen LogP contribution is -2.41. The van der Waals surface area contributed by atoms with Gasteiger partial charge in [0.1, 0.15) is 18.9 Å². The van der Waals surface area contributed by atoms with E-state index >= 15 is 0 Å². The monoisotopic (exact) mass is 311 g/mol. The van der Waals surface area contributed by atoms with Crippen LogP contribution in [0, 0.1) is 0 Å². The van der Waals surface area contributed by atoms with Crippen molar-refractivity contribution in [2.45, 2.75) is 6.54 Å². The molecule has 24 heavy (non-hydrogen) atoms. The van der Waals surface area contributed by atoms with Crippen molar-refractivity contribution in [3.63, 3.8) is 0 Å². The lowest BCUT2D eigenvalue weighted by molar-refractivity contribution is -0.763. The highest BCUT2D eigenvalue weighted by atomic mass is 15.3. The van der Waals surface area contributed by atoms with E-state index in [-0.39, 0.29) is 0 Å². The maximum absolute atomic E-state index is 3.25. The lowest BCUT2D eigenvalue weighted by atomic mass is 9.99. The Morgan fingerprint density at radius 1 is 0.708 bits per heavy atom. The van der Waals surface area contributed by atoms with Crippen molar-refractivity contribution in [3.05, 3.63) is 81.0 Å². The van der Waals surface area contributed by atoms with E-state index in [0.29, 0.717) is 0 Å². The number of hydrogen-bond acceptors (Lipinski definition) is 1. The van der Waals surface area contributed by atoms with Gasteiger partial charge in [0, 0.05) is 39.2 Å². The fraction of sp³-hybridized carbons (Fsp3) is 0.0909. The molecular weight excluding hydrogens is 292 g/mol. The number of nitrogens with one attached hydrogen (secondary N) is 1. The molecule has 0 radical (unpaired) electrons. The van der Waals surface area contributed by atoms with Gasteiger partial charge in [-0.25, -0.2) is 0 Å². The molecule has 0 bridgehead atoms. The van der Waals surface area contributed by atoms with Gasteiger partial charge in [0.25, 0.3) is 0 Å². The summed E-state index contributed by atoms with van der Waals surface area (Å²) in [7, 11) is 2.27. The molecule has 0 aliphatic carbocycles. The van der Waals surface area contributed by atoms with Crippen LogP contribution in [0.3, 0.4) is 0 Å². The van der Waals surface area contributed by atoms with Crippen LogP contribution in [0.2, 0.25) is 0 Å². The minimum absolute atomic E-state index is 0.788. The molecule has 0 amide bonds. The van der Waals surface area contributed by atoms with Crippen molar-refractivity contribution >= 4 is 35.6 Å². The van der Waals surface area contributed by atoms with Crippen LogP contribution >= 0.6 is 0 Å². The summed E-state index contributed by atoms with van der Waals surface area (Å²) >= 11 is 0. The second-order valence-electron chi connectivity index (χ2n) is 6.94. The molecule has 5 rings (SSSR count). The number of quaternary nitrogens is 1. The van der Waals surface area contributed by atoms with E-state index in [1.807, 2.05) is 0 Å². The van der Waals surface area contributed by atoms with Crippen LogP contribution < -0.4 is 26.2 Å². The zero-order chi connectivity index (χ0) is 16.1. The van der Waals surface area contributed by atoms with Crippen molar-refractivity contribution in [3.8, 4) is 0 Å². The summed E-state index contributed by atoms with van der Waals surface area (Å²) in [5.41, 5.74) is 1.35. The SMILES string of the molecule is C[N+]1(Cc2ccccc2)C=c2ccc3c4c(ccc(c24)=C1)=CNC=3. The highest BCUT2D eigenvalue weighted by Gasteiger charge is 2.21. The largest absolute Gasteiger partial charge is 0.366 e. The van der Waals surface area contributed by atoms with Crippen molar-refractivity contribution in [2.75, 3.05) is 7.05 Å². The van der Waals surface area contributed by atoms with E-state index in [4.69, 9.17) is 0 Å². The highest BCUT2D eigenvalue weighted by molar-refractivity contribution is 5.88. The van der Waals surface area contributed by atoms with Gasteiger partial charge in [-0.2, -0.15) is 0 Å². The first-order valence-electron chi connectivity index (χ1n) is 8.35. The Labute approximate surface area is 140 Å². The standard InChI is InChI=1S/C22H19N2/c1-24(13-16-5-3-2-4-6-16)14-19-9-7-17-11-23-12-18-8-10-20(15-24)22(19)21(17)18/h2-12,14-15,23H,13H2,1H3/q+1. The molecule has 2 aliphatic rings. The molecule has 0 atom stereocenters. The molecule has 2 heteroatoms. The molecule has 0 saturated heterocycles. The summed E-state index contributed by atoms with van der Waals surface area (Å²) in [5, 5.41) is 11.2. The van der Waals surface area contributed by atoms with Crippen molar-refractivity contribution in [1.29, 1.82) is 0 Å². The Hall–Kier alpha value is -2.84. The molecule has 2 heterocycles. The smallest absolute Gasteiger partial charge is 0.113 e. The molecule has 2 aliphatic heterocycles. The summed E-state index contributed by atoms with van der Waals surface area (Å²) in [6, 6.07) is 19.7. The highest BCUT2D eigenvalue weighted by Crippen LogP contribution is 2.16. The molecule has 3 aromatic rings. The average Bonchev–Trinajstić information content (AvgIpc) is 2.60. The molecule has 0 spiro atoms. The number of rotatable bonds is 2. The molecule has 0 saturated carbocycles. The second-order valence-corrected chi connectivity index (χ2v) is 6.94. The van der Waals surface area contributed by atoms with Gasteiger partial charge in [-0.3, -0.25) is 4.48 Å². The van der Waals surface area contributed by atoms with Crippen molar-refractivity contribution in [1.82, 2.24) is 5.32 Å². The zero-order valence-electron chi connectivity index (χ0n) is 13.7. The molecule has 116 valence electrons. The van der Waals surface area contributed by atoms with Crippen LogP contribution in [0.15, 0.2) is 54.6 Å². The number of benzene rings is 3. The Kier molecular flexibility index (Phi) is 2.73. The lowest BCUT2D eigenvalue weighted by Gasteiger charge is -2.28. The minimum atomic E-state index is 0.788. The summed E-state index contributed by atoms with van der Waals surface area (Å²) in [4.78, 5) is 0. The van der Waals surface area contributed by atoms with Gasteiger partial charge in [0.2, 0.25) is 0 Å². The van der Waals surface area contributed by atoms with E-state index in [9.17, 15) is 0 Å². The van der Waals surface area contributed by atoms with Crippen LogP contribution in [0.25, 0.3) is 35.6 Å². The van der Waals surface area contributed by atoms with Gasteiger partial charge in [-0.1, -0.05) is 42.5 Å². The predicted molar refractivity (Wildman–Crippen MR) is 99.8 cm³/mol. The molecule has 0 aromatic heterocycles. The molecule has 0 fully saturated rings. The number of hydrogen-bond donors (Lipinski definition) is 1. The summed E-state index contributed by atoms with van der Waals surface area (Å²) in [6.07, 6.45) is 8.93. The van der Waals surface area contributed by atoms with Gasteiger partial charge >= 0.3 is 0 Å². The van der Waals surface area contributed by atoms with Crippen molar-refractivity contribution in [2.24, 2.45) is 0 Å². The predicted octanol–water partition coefficient (Wildman–Crippen LogP) is 1.06. The van der Waals surface area contributed by atoms with E-state index in [1.54, 1.807) is 0 Å². The van der Waals surface area contributed by atoms with Crippen LogP contribution in [-0.4, -0.2) is 11.5 Å². The van der Waals surface area contributed by atoms with Crippen LogP contribution in [-0.2, 0) is 6.54 Å². The van der Waals surface area contributed by atoms with Gasteiger partial charge in [-0.15, -0.1) is 0 Å². The first-order chi connectivity index (χ1) is 11.7. The van der Waals surface area contributed by atoms with Gasteiger partial charge in [-0.05, 0) is 22.6 Å². The average molecular weight is 311 g/mol. The van der Waals surface area contributed by atoms with Gasteiger partial charge in [0.15, 0.2) is 0 Å². The normalized spacial score (nSPS) is 16.2. The second kappa shape index (κ2) is 4.83. The first-order valence-corrected chi connectivity index (χ1v) is 8.35. The van der Waals surface area contributed by atoms with E-state index in [1.165, 1.54) is 37.2 Å². The minimum Gasteiger partial charge on any atom is -0.366 e. The molecule has 0 unspecified atom stereocenters. The molecule has 2 nitrogen and oxygen atoms in total. The summed E-state index contributed by atoms with van der Waals surface area (Å²) in [6.45, 7) is 0.963. The fourth-order valence-electron chi connectivity index (χ4n) is 4.02. The Morgan fingerprint density at radius 2 is 1.25 bits per heavy atom. The first kappa shape index (κ1) is 13.6. The fourth-order valence-corrected chi connectivity index (χ4v) is 4.02. The maximum Gasteiger partial charge on any atom is 0.113 e. The Bertz CT molecular complexity index is 1140. The maximum atomic E-state index is 3.25. The quantitative estimate of drug-likeness (QED) is 0.698. The Balaban J connectivity index is 1.79. The van der Waals surface area contributed by atoms with Crippen molar-refractivity contribution < 1.29 is 4.48 Å². The van der Waals surface area contributed by atoms with E-state index in [2.05, 4.69) is 91.8 Å². The van der Waals surface area contributed by atoms with Crippen LogP contribution in [0.1, 0.15) is 5.56 Å². The third-order valence-corrected chi connectivity index (χ3v) is 5.00. The topological polar surface area (TPSA) is 12.0 Å². The summed E-state index contributed by atoms with van der Waals surface area (Å²) in [5.74, 6) is 0. The van der Waals surface area contributed by atoms with Crippen LogP contribution in [0.5, 0.6) is 0 Å². The molecular formula is C22H19N2+. The Morgan fingerprint density at radius 3 is 1.88 bits per heavy atom. The zero-order valence-corrected chi connectivity index (χ0v) is 13.7.